The van der Waals surface area contributed by atoms with E-state index in [1.165, 1.54) is 12.0 Å². The summed E-state index contributed by atoms with van der Waals surface area (Å²) in [4.78, 5) is 32.1. The Bertz CT molecular complexity index is 1420. The van der Waals surface area contributed by atoms with Gasteiger partial charge in [0.1, 0.15) is 13.2 Å². The molecule has 0 aliphatic carbocycles. The molecule has 1 aromatic heterocycles. The van der Waals surface area contributed by atoms with Crippen LogP contribution < -0.4 is 14.8 Å². The molecule has 1 heterocycles. The molecule has 202 valence electrons. The van der Waals surface area contributed by atoms with E-state index in [0.717, 1.165) is 11.1 Å². The van der Waals surface area contributed by atoms with E-state index in [1.54, 1.807) is 49.2 Å². The molecule has 39 heavy (non-hydrogen) atoms. The van der Waals surface area contributed by atoms with Gasteiger partial charge in [-0.3, -0.25) is 19.5 Å². The summed E-state index contributed by atoms with van der Waals surface area (Å²) < 4.78 is 17.6. The number of hydrogen-bond acceptors (Lipinski definition) is 6. The lowest BCUT2D eigenvalue weighted by Gasteiger charge is -2.22. The van der Waals surface area contributed by atoms with E-state index >= 15 is 0 Å². The first kappa shape index (κ1) is 27.7. The van der Waals surface area contributed by atoms with Crippen molar-refractivity contribution >= 4 is 29.4 Å². The largest absolute Gasteiger partial charge is 0.493 e. The quantitative estimate of drug-likeness (QED) is 0.289. The Hall–Kier alpha value is -4.34. The maximum atomic E-state index is 13.3. The van der Waals surface area contributed by atoms with Crippen LogP contribution in [0.3, 0.4) is 0 Å². The zero-order valence-electron chi connectivity index (χ0n) is 21.9. The van der Waals surface area contributed by atoms with Crippen LogP contribution in [-0.2, 0) is 20.9 Å². The molecular formula is C29H29ClN4O5. The number of ether oxygens (including phenoxy) is 3. The van der Waals surface area contributed by atoms with Crippen LogP contribution in [0, 0.1) is 0 Å². The van der Waals surface area contributed by atoms with Gasteiger partial charge in [-0.1, -0.05) is 54.1 Å². The third kappa shape index (κ3) is 6.95. The molecule has 4 rings (SSSR count). The number of methoxy groups -OCH3 is 3. The van der Waals surface area contributed by atoms with E-state index in [2.05, 4.69) is 10.3 Å². The van der Waals surface area contributed by atoms with Gasteiger partial charge in [0.25, 0.3) is 0 Å². The second kappa shape index (κ2) is 12.9. The van der Waals surface area contributed by atoms with Crippen LogP contribution in [0.15, 0.2) is 79.0 Å². The molecule has 0 atom stereocenters. The Morgan fingerprint density at radius 1 is 0.949 bits per heavy atom. The second-order valence-electron chi connectivity index (χ2n) is 8.58. The molecule has 0 bridgehead atoms. The minimum absolute atomic E-state index is 0.138. The van der Waals surface area contributed by atoms with Gasteiger partial charge < -0.3 is 19.1 Å². The van der Waals surface area contributed by atoms with Gasteiger partial charge in [-0.2, -0.15) is 0 Å². The molecule has 0 fully saturated rings. The molecule has 1 N–H and O–H groups in total. The Balaban J connectivity index is 1.65. The zero-order chi connectivity index (χ0) is 27.8. The van der Waals surface area contributed by atoms with E-state index in [-0.39, 0.29) is 31.6 Å². The Kier molecular flexibility index (Phi) is 9.19. The smallest absolute Gasteiger partial charge is 0.249 e. The predicted molar refractivity (Wildman–Crippen MR) is 149 cm³/mol. The van der Waals surface area contributed by atoms with Crippen molar-refractivity contribution in [2.45, 2.75) is 6.54 Å². The van der Waals surface area contributed by atoms with Crippen LogP contribution in [-0.4, -0.2) is 60.7 Å². The van der Waals surface area contributed by atoms with Gasteiger partial charge in [0.2, 0.25) is 17.8 Å². The normalized spacial score (nSPS) is 10.7. The van der Waals surface area contributed by atoms with E-state index in [9.17, 15) is 9.59 Å². The number of halogens is 1. The van der Waals surface area contributed by atoms with Gasteiger partial charge >= 0.3 is 0 Å². The molecule has 2 amide bonds. The molecule has 0 unspecified atom stereocenters. The molecule has 0 aliphatic heterocycles. The fourth-order valence-corrected chi connectivity index (χ4v) is 4.11. The number of benzene rings is 3. The first-order chi connectivity index (χ1) is 18.9. The van der Waals surface area contributed by atoms with Crippen molar-refractivity contribution in [2.75, 3.05) is 39.8 Å². The Morgan fingerprint density at radius 2 is 1.67 bits per heavy atom. The van der Waals surface area contributed by atoms with Crippen molar-refractivity contribution in [3.05, 3.63) is 89.6 Å². The van der Waals surface area contributed by atoms with Crippen molar-refractivity contribution in [3.63, 3.8) is 0 Å². The molecule has 4 aromatic rings. The lowest BCUT2D eigenvalue weighted by atomic mass is 10.2. The zero-order valence-corrected chi connectivity index (χ0v) is 22.6. The van der Waals surface area contributed by atoms with E-state index in [4.69, 9.17) is 25.8 Å². The number of carbonyl (C=O) groups is 2. The first-order valence-corrected chi connectivity index (χ1v) is 12.5. The third-order valence-electron chi connectivity index (χ3n) is 5.91. The summed E-state index contributed by atoms with van der Waals surface area (Å²) in [5.41, 5.74) is 3.02. The number of carbonyl (C=O) groups excluding carboxylic acids is 2. The molecule has 0 saturated carbocycles. The molecule has 3 aromatic carbocycles. The average Bonchev–Trinajstić information content (AvgIpc) is 3.36. The molecule has 0 radical (unpaired) electrons. The van der Waals surface area contributed by atoms with E-state index in [1.807, 2.05) is 48.5 Å². The van der Waals surface area contributed by atoms with Crippen molar-refractivity contribution in [2.24, 2.45) is 0 Å². The highest BCUT2D eigenvalue weighted by Gasteiger charge is 2.20. The van der Waals surface area contributed by atoms with Gasteiger partial charge in [0, 0.05) is 36.5 Å². The fourth-order valence-electron chi connectivity index (χ4n) is 3.99. The van der Waals surface area contributed by atoms with Crippen LogP contribution in [0.2, 0.25) is 5.02 Å². The van der Waals surface area contributed by atoms with Crippen molar-refractivity contribution in [3.8, 4) is 28.4 Å². The summed E-state index contributed by atoms with van der Waals surface area (Å²) in [7, 11) is 4.55. The molecule has 0 aliphatic rings. The number of imidazole rings is 1. The van der Waals surface area contributed by atoms with Gasteiger partial charge in [-0.15, -0.1) is 0 Å². The molecule has 0 spiro atoms. The van der Waals surface area contributed by atoms with Crippen molar-refractivity contribution < 1.29 is 23.8 Å². The summed E-state index contributed by atoms with van der Waals surface area (Å²) in [5.74, 6) is 0.647. The van der Waals surface area contributed by atoms with Crippen LogP contribution in [0.1, 0.15) is 5.56 Å². The monoisotopic (exact) mass is 548 g/mol. The standard InChI is InChI=1S/C29H29ClN4O5/c1-37-19-28(36)33(16-20-7-5-4-6-8-20)18-27(35)32-29-31-24(21-9-11-22(30)12-10-21)17-34(29)23-13-14-25(38-2)26(15-23)39-3/h4-15,17H,16,18-19H2,1-3H3,(H,31,32,35). The number of rotatable bonds is 11. The summed E-state index contributed by atoms with van der Waals surface area (Å²) in [5, 5.41) is 3.47. The number of nitrogens with zero attached hydrogens (tertiary/aromatic N) is 3. The van der Waals surface area contributed by atoms with E-state index in [0.29, 0.717) is 27.9 Å². The number of anilines is 1. The predicted octanol–water partition coefficient (Wildman–Crippen LogP) is 4.82. The lowest BCUT2D eigenvalue weighted by molar-refractivity contribution is -0.138. The molecule has 0 saturated heterocycles. The maximum absolute atomic E-state index is 13.3. The number of hydrogen-bond donors (Lipinski definition) is 1. The average molecular weight is 549 g/mol. The minimum Gasteiger partial charge on any atom is -0.493 e. The molecule has 10 heteroatoms. The molecule has 9 nitrogen and oxygen atoms in total. The first-order valence-electron chi connectivity index (χ1n) is 12.1. The fraction of sp³-hybridized carbons (Fsp3) is 0.207. The maximum Gasteiger partial charge on any atom is 0.249 e. The van der Waals surface area contributed by atoms with Crippen LogP contribution >= 0.6 is 11.6 Å². The van der Waals surface area contributed by atoms with E-state index < -0.39 is 5.91 Å². The van der Waals surface area contributed by atoms with Crippen LogP contribution in [0.25, 0.3) is 16.9 Å². The lowest BCUT2D eigenvalue weighted by Crippen LogP contribution is -2.39. The topological polar surface area (TPSA) is 94.9 Å². The SMILES string of the molecule is COCC(=O)N(CC(=O)Nc1nc(-c2ccc(Cl)cc2)cn1-c1ccc(OC)c(OC)c1)Cc1ccccc1. The van der Waals surface area contributed by atoms with Crippen LogP contribution in [0.4, 0.5) is 5.95 Å². The highest BCUT2D eigenvalue weighted by molar-refractivity contribution is 6.30. The Morgan fingerprint density at radius 3 is 2.33 bits per heavy atom. The van der Waals surface area contributed by atoms with Crippen molar-refractivity contribution in [1.29, 1.82) is 0 Å². The van der Waals surface area contributed by atoms with Gasteiger partial charge in [-0.25, -0.2) is 4.98 Å². The Labute approximate surface area is 231 Å². The highest BCUT2D eigenvalue weighted by atomic mass is 35.5. The number of amides is 2. The third-order valence-corrected chi connectivity index (χ3v) is 6.17. The van der Waals surface area contributed by atoms with Gasteiger partial charge in [0.05, 0.1) is 25.6 Å². The number of aromatic nitrogens is 2. The van der Waals surface area contributed by atoms with Crippen LogP contribution in [0.5, 0.6) is 11.5 Å². The second-order valence-corrected chi connectivity index (χ2v) is 9.02. The van der Waals surface area contributed by atoms with Gasteiger partial charge in [-0.05, 0) is 29.8 Å². The number of nitrogens with one attached hydrogen (secondary N) is 1. The minimum atomic E-state index is -0.412. The van der Waals surface area contributed by atoms with Crippen molar-refractivity contribution in [1.82, 2.24) is 14.5 Å². The summed E-state index contributed by atoms with van der Waals surface area (Å²) >= 11 is 6.07. The summed E-state index contributed by atoms with van der Waals surface area (Å²) in [6.45, 7) is -0.0656. The molecular weight excluding hydrogens is 520 g/mol. The highest BCUT2D eigenvalue weighted by Crippen LogP contribution is 2.32. The summed E-state index contributed by atoms with van der Waals surface area (Å²) in [6.07, 6.45) is 1.80. The summed E-state index contributed by atoms with van der Waals surface area (Å²) in [6, 6.07) is 22.1. The van der Waals surface area contributed by atoms with Gasteiger partial charge in [0.15, 0.2) is 11.5 Å².